The van der Waals surface area contributed by atoms with Crippen molar-refractivity contribution in [2.24, 2.45) is 5.92 Å². The average Bonchev–Trinajstić information content (AvgIpc) is 3.32. The molecule has 1 aliphatic carbocycles. The fourth-order valence-corrected chi connectivity index (χ4v) is 4.37. The third kappa shape index (κ3) is 2.83. The molecule has 5 heteroatoms. The van der Waals surface area contributed by atoms with E-state index in [4.69, 9.17) is 0 Å². The van der Waals surface area contributed by atoms with Gasteiger partial charge in [-0.25, -0.2) is 0 Å². The lowest BCUT2D eigenvalue weighted by molar-refractivity contribution is -0.136. The summed E-state index contributed by atoms with van der Waals surface area (Å²) in [5, 5.41) is 8.62. The summed E-state index contributed by atoms with van der Waals surface area (Å²) >= 11 is 0. The number of benzene rings is 1. The SMILES string of the molecule is Cc1ccc(C2(C(=O)N3Cc4nnc(C)n4[C@@H](CC(C)C)C3)CC2)cc1. The molecule has 2 aliphatic rings. The lowest BCUT2D eigenvalue weighted by atomic mass is 9.92. The number of carbonyl (C=O) groups is 1. The Morgan fingerprint density at radius 1 is 1.19 bits per heavy atom. The molecule has 1 fully saturated rings. The third-order valence-corrected chi connectivity index (χ3v) is 5.86. The van der Waals surface area contributed by atoms with E-state index in [-0.39, 0.29) is 17.4 Å². The second-order valence-corrected chi connectivity index (χ2v) is 8.45. The van der Waals surface area contributed by atoms with Gasteiger partial charge in [-0.3, -0.25) is 4.79 Å². The maximum atomic E-state index is 13.5. The van der Waals surface area contributed by atoms with Crippen molar-refractivity contribution in [1.82, 2.24) is 19.7 Å². The molecule has 0 spiro atoms. The van der Waals surface area contributed by atoms with E-state index in [2.05, 4.69) is 59.8 Å². The molecule has 2 heterocycles. The first-order valence-corrected chi connectivity index (χ1v) is 9.67. The number of rotatable bonds is 4. The Morgan fingerprint density at radius 3 is 2.50 bits per heavy atom. The molecular formula is C21H28N4O. The molecule has 0 bridgehead atoms. The van der Waals surface area contributed by atoms with E-state index in [9.17, 15) is 4.79 Å². The van der Waals surface area contributed by atoms with Crippen molar-refractivity contribution in [2.75, 3.05) is 6.54 Å². The Hall–Kier alpha value is -2.17. The highest BCUT2D eigenvalue weighted by molar-refractivity contribution is 5.91. The molecule has 26 heavy (non-hydrogen) atoms. The van der Waals surface area contributed by atoms with Gasteiger partial charge in [0.15, 0.2) is 5.82 Å². The van der Waals surface area contributed by atoms with Gasteiger partial charge in [0.2, 0.25) is 5.91 Å². The van der Waals surface area contributed by atoms with E-state index in [0.29, 0.717) is 12.5 Å². The van der Waals surface area contributed by atoms with Gasteiger partial charge in [-0.1, -0.05) is 43.7 Å². The van der Waals surface area contributed by atoms with Crippen molar-refractivity contribution in [3.8, 4) is 0 Å². The van der Waals surface area contributed by atoms with E-state index >= 15 is 0 Å². The largest absolute Gasteiger partial charge is 0.332 e. The molecule has 1 aromatic heterocycles. The summed E-state index contributed by atoms with van der Waals surface area (Å²) < 4.78 is 2.25. The number of aryl methyl sites for hydroxylation is 2. The smallest absolute Gasteiger partial charge is 0.233 e. The van der Waals surface area contributed by atoms with Crippen molar-refractivity contribution >= 4 is 5.91 Å². The Bertz CT molecular complexity index is 817. The van der Waals surface area contributed by atoms with Crippen molar-refractivity contribution < 1.29 is 4.79 Å². The van der Waals surface area contributed by atoms with Crippen LogP contribution in [-0.2, 0) is 16.8 Å². The first-order valence-electron chi connectivity index (χ1n) is 9.67. The fraction of sp³-hybridized carbons (Fsp3) is 0.571. The standard InChI is InChI=1S/C21H28N4O/c1-14(2)11-18-12-24(13-19-23-22-16(4)25(18)19)20(26)21(9-10-21)17-7-5-15(3)6-8-17/h5-8,14,18H,9-13H2,1-4H3/t18-/m0/s1. The minimum atomic E-state index is -0.312. The summed E-state index contributed by atoms with van der Waals surface area (Å²) in [7, 11) is 0. The van der Waals surface area contributed by atoms with Crippen LogP contribution in [0.2, 0.25) is 0 Å². The van der Waals surface area contributed by atoms with Crippen LogP contribution in [0.5, 0.6) is 0 Å². The molecule has 1 amide bonds. The van der Waals surface area contributed by atoms with Crippen LogP contribution >= 0.6 is 0 Å². The van der Waals surface area contributed by atoms with Crippen LogP contribution < -0.4 is 0 Å². The first-order chi connectivity index (χ1) is 12.4. The Kier molecular flexibility index (Phi) is 4.13. The lowest BCUT2D eigenvalue weighted by Gasteiger charge is -2.37. The summed E-state index contributed by atoms with van der Waals surface area (Å²) in [5.41, 5.74) is 2.08. The Morgan fingerprint density at radius 2 is 1.88 bits per heavy atom. The average molecular weight is 352 g/mol. The molecule has 1 atom stereocenters. The van der Waals surface area contributed by atoms with Crippen LogP contribution in [-0.4, -0.2) is 32.1 Å². The van der Waals surface area contributed by atoms with Gasteiger partial charge in [0, 0.05) is 6.54 Å². The van der Waals surface area contributed by atoms with Crippen molar-refractivity contribution in [3.05, 3.63) is 47.0 Å². The Labute approximate surface area is 155 Å². The summed E-state index contributed by atoms with van der Waals surface area (Å²) in [5.74, 6) is 2.71. The summed E-state index contributed by atoms with van der Waals surface area (Å²) in [6.45, 7) is 9.89. The van der Waals surface area contributed by atoms with Gasteiger partial charge in [0.05, 0.1) is 18.0 Å². The normalized spacial score (nSPS) is 21.0. The molecule has 138 valence electrons. The van der Waals surface area contributed by atoms with E-state index in [1.807, 2.05) is 11.8 Å². The van der Waals surface area contributed by atoms with E-state index in [1.165, 1.54) is 5.56 Å². The topological polar surface area (TPSA) is 51.0 Å². The van der Waals surface area contributed by atoms with Crippen LogP contribution in [0.15, 0.2) is 24.3 Å². The van der Waals surface area contributed by atoms with Crippen molar-refractivity contribution in [1.29, 1.82) is 0 Å². The van der Waals surface area contributed by atoms with Crippen LogP contribution in [0.1, 0.15) is 61.9 Å². The highest BCUT2D eigenvalue weighted by Gasteiger charge is 2.53. The first kappa shape index (κ1) is 17.3. The summed E-state index contributed by atoms with van der Waals surface area (Å²) in [4.78, 5) is 15.5. The molecule has 5 nitrogen and oxygen atoms in total. The molecule has 0 N–H and O–H groups in total. The number of hydrogen-bond acceptors (Lipinski definition) is 3. The molecule has 0 saturated heterocycles. The van der Waals surface area contributed by atoms with Gasteiger partial charge in [-0.05, 0) is 44.6 Å². The Balaban J connectivity index is 1.62. The third-order valence-electron chi connectivity index (χ3n) is 5.86. The zero-order chi connectivity index (χ0) is 18.5. The fourth-order valence-electron chi connectivity index (χ4n) is 4.37. The quantitative estimate of drug-likeness (QED) is 0.845. The van der Waals surface area contributed by atoms with E-state index < -0.39 is 0 Å². The molecule has 0 unspecified atom stereocenters. The van der Waals surface area contributed by atoms with E-state index in [0.717, 1.165) is 43.0 Å². The number of nitrogens with zero attached hydrogens (tertiary/aromatic N) is 4. The highest BCUT2D eigenvalue weighted by Crippen LogP contribution is 2.50. The second-order valence-electron chi connectivity index (χ2n) is 8.45. The number of hydrogen-bond donors (Lipinski definition) is 0. The second kappa shape index (κ2) is 6.22. The van der Waals surface area contributed by atoms with Crippen LogP contribution in [0, 0.1) is 19.8 Å². The lowest BCUT2D eigenvalue weighted by Crippen LogP contribution is -2.46. The molecule has 1 aliphatic heterocycles. The molecule has 4 rings (SSSR count). The predicted octanol–water partition coefficient (Wildman–Crippen LogP) is 3.56. The summed E-state index contributed by atoms with van der Waals surface area (Å²) in [6.07, 6.45) is 2.94. The predicted molar refractivity (Wildman–Crippen MR) is 101 cm³/mol. The minimum absolute atomic E-state index is 0.266. The molecule has 2 aromatic rings. The van der Waals surface area contributed by atoms with Gasteiger partial charge >= 0.3 is 0 Å². The highest BCUT2D eigenvalue weighted by atomic mass is 16.2. The number of carbonyl (C=O) groups excluding carboxylic acids is 1. The van der Waals surface area contributed by atoms with Gasteiger partial charge in [-0.15, -0.1) is 10.2 Å². The van der Waals surface area contributed by atoms with Gasteiger partial charge in [-0.2, -0.15) is 0 Å². The number of amides is 1. The molecular weight excluding hydrogens is 324 g/mol. The minimum Gasteiger partial charge on any atom is -0.332 e. The number of aromatic nitrogens is 3. The zero-order valence-electron chi connectivity index (χ0n) is 16.2. The van der Waals surface area contributed by atoms with E-state index in [1.54, 1.807) is 0 Å². The summed E-state index contributed by atoms with van der Waals surface area (Å²) in [6, 6.07) is 8.75. The molecule has 1 aromatic carbocycles. The maximum absolute atomic E-state index is 13.5. The van der Waals surface area contributed by atoms with Crippen LogP contribution in [0.3, 0.4) is 0 Å². The van der Waals surface area contributed by atoms with Gasteiger partial charge in [0.1, 0.15) is 5.82 Å². The monoisotopic (exact) mass is 352 g/mol. The molecule has 1 saturated carbocycles. The van der Waals surface area contributed by atoms with Gasteiger partial charge < -0.3 is 9.47 Å². The van der Waals surface area contributed by atoms with Crippen LogP contribution in [0.4, 0.5) is 0 Å². The number of fused-ring (bicyclic) bond motifs is 1. The van der Waals surface area contributed by atoms with Crippen LogP contribution in [0.25, 0.3) is 0 Å². The van der Waals surface area contributed by atoms with Crippen molar-refractivity contribution in [2.45, 2.75) is 65.0 Å². The maximum Gasteiger partial charge on any atom is 0.233 e. The van der Waals surface area contributed by atoms with Crippen molar-refractivity contribution in [3.63, 3.8) is 0 Å². The van der Waals surface area contributed by atoms with Gasteiger partial charge in [0.25, 0.3) is 0 Å². The zero-order valence-corrected chi connectivity index (χ0v) is 16.2. The molecule has 0 radical (unpaired) electrons.